The highest BCUT2D eigenvalue weighted by molar-refractivity contribution is 5.39. The average Bonchev–Trinajstić information content (AvgIpc) is 2.26. The summed E-state index contributed by atoms with van der Waals surface area (Å²) in [5.41, 5.74) is 5.47. The maximum Gasteiger partial charge on any atom is 0.280 e. The summed E-state index contributed by atoms with van der Waals surface area (Å²) in [6.45, 7) is -0.408. The normalized spacial score (nSPS) is 10.8. The van der Waals surface area contributed by atoms with Crippen LogP contribution < -0.4 is 10.5 Å². The molecule has 4 nitrogen and oxygen atoms in total. The topological polar surface area (TPSA) is 68.4 Å². The van der Waals surface area contributed by atoms with E-state index in [9.17, 15) is 8.78 Å². The third-order valence-corrected chi connectivity index (χ3v) is 1.94. The van der Waals surface area contributed by atoms with Gasteiger partial charge < -0.3 is 15.6 Å². The van der Waals surface area contributed by atoms with E-state index in [1.807, 2.05) is 0 Å². The Balaban J connectivity index is 3.29. The predicted molar refractivity (Wildman–Crippen MR) is 49.6 cm³/mol. The lowest BCUT2D eigenvalue weighted by molar-refractivity contribution is 0.144. The number of rotatable bonds is 4. The van der Waals surface area contributed by atoms with E-state index in [1.54, 1.807) is 0 Å². The first-order valence-electron chi connectivity index (χ1n) is 4.29. The van der Waals surface area contributed by atoms with Crippen LogP contribution in [0.15, 0.2) is 6.07 Å². The molecule has 1 aromatic rings. The molecular weight excluding hydrogens is 206 g/mol. The Kier molecular flexibility index (Phi) is 3.93. The highest BCUT2D eigenvalue weighted by atomic mass is 19.3. The number of halogens is 2. The molecule has 0 aliphatic heterocycles. The maximum atomic E-state index is 12.4. The number of alkyl halides is 2. The number of aliphatic hydroxyl groups excluding tert-OH is 1. The number of pyridine rings is 1. The van der Waals surface area contributed by atoms with Gasteiger partial charge in [-0.3, -0.25) is 0 Å². The Morgan fingerprint density at radius 3 is 2.67 bits per heavy atom. The molecule has 84 valence electrons. The largest absolute Gasteiger partial charge is 0.494 e. The minimum Gasteiger partial charge on any atom is -0.494 e. The number of hydrogen-bond acceptors (Lipinski definition) is 4. The number of aromatic nitrogens is 1. The highest BCUT2D eigenvalue weighted by Gasteiger charge is 2.16. The number of nitrogens with zero attached hydrogens (tertiary/aromatic N) is 1. The van der Waals surface area contributed by atoms with Gasteiger partial charge in [-0.1, -0.05) is 0 Å². The summed E-state index contributed by atoms with van der Waals surface area (Å²) >= 11 is 0. The van der Waals surface area contributed by atoms with Crippen LogP contribution >= 0.6 is 0 Å². The highest BCUT2D eigenvalue weighted by Crippen LogP contribution is 2.27. The van der Waals surface area contributed by atoms with E-state index in [-0.39, 0.29) is 18.0 Å². The Hall–Kier alpha value is -1.27. The molecule has 1 aromatic heterocycles. The van der Waals surface area contributed by atoms with Crippen molar-refractivity contribution in [1.29, 1.82) is 0 Å². The van der Waals surface area contributed by atoms with Crippen LogP contribution in [0, 0.1) is 0 Å². The maximum absolute atomic E-state index is 12.4. The van der Waals surface area contributed by atoms with E-state index in [1.165, 1.54) is 13.2 Å². The fourth-order valence-electron chi connectivity index (χ4n) is 1.29. The molecular formula is C9H12F2N2O2. The van der Waals surface area contributed by atoms with Gasteiger partial charge in [-0.05, 0) is 6.07 Å². The molecule has 0 bridgehead atoms. The lowest BCUT2D eigenvalue weighted by Gasteiger charge is -2.12. The Bertz CT molecular complexity index is 320. The fourth-order valence-corrected chi connectivity index (χ4v) is 1.29. The average molecular weight is 218 g/mol. The molecule has 1 rings (SSSR count). The van der Waals surface area contributed by atoms with Crippen molar-refractivity contribution in [2.75, 3.05) is 7.11 Å². The van der Waals surface area contributed by atoms with Crippen molar-refractivity contribution in [2.45, 2.75) is 19.6 Å². The summed E-state index contributed by atoms with van der Waals surface area (Å²) in [4.78, 5) is 3.59. The molecule has 6 heteroatoms. The quantitative estimate of drug-likeness (QED) is 0.790. The number of ether oxygens (including phenoxy) is 1. The number of aliphatic hydroxyl groups is 1. The van der Waals surface area contributed by atoms with Crippen molar-refractivity contribution in [3.8, 4) is 5.75 Å². The van der Waals surface area contributed by atoms with Gasteiger partial charge in [0.25, 0.3) is 6.43 Å². The zero-order valence-corrected chi connectivity index (χ0v) is 8.20. The van der Waals surface area contributed by atoms with Crippen LogP contribution in [0.25, 0.3) is 0 Å². The van der Waals surface area contributed by atoms with Crippen molar-refractivity contribution in [2.24, 2.45) is 5.73 Å². The first-order valence-corrected chi connectivity index (χ1v) is 4.29. The first kappa shape index (κ1) is 11.8. The van der Waals surface area contributed by atoms with Gasteiger partial charge in [0.05, 0.1) is 13.7 Å². The van der Waals surface area contributed by atoms with Crippen LogP contribution in [0.5, 0.6) is 5.75 Å². The summed E-state index contributed by atoms with van der Waals surface area (Å²) in [7, 11) is 1.37. The van der Waals surface area contributed by atoms with Gasteiger partial charge in [-0.2, -0.15) is 0 Å². The van der Waals surface area contributed by atoms with Crippen LogP contribution in [0.4, 0.5) is 8.78 Å². The molecule has 0 saturated carbocycles. The van der Waals surface area contributed by atoms with E-state index < -0.39 is 18.7 Å². The second-order valence-corrected chi connectivity index (χ2v) is 2.85. The molecule has 0 fully saturated rings. The van der Waals surface area contributed by atoms with Gasteiger partial charge in [-0.15, -0.1) is 0 Å². The third kappa shape index (κ3) is 2.40. The summed E-state index contributed by atoms with van der Waals surface area (Å²) < 4.78 is 29.8. The second kappa shape index (κ2) is 4.99. The standard InChI is InChI=1S/C9H12F2N2O2/c1-15-8-5(3-12)2-6(9(10)11)13-7(8)4-14/h2,9,14H,3-4,12H2,1H3. The molecule has 1 heterocycles. The monoisotopic (exact) mass is 218 g/mol. The fraction of sp³-hybridized carbons (Fsp3) is 0.444. The first-order chi connectivity index (χ1) is 7.13. The molecule has 0 amide bonds. The van der Waals surface area contributed by atoms with Gasteiger partial charge in [-0.25, -0.2) is 13.8 Å². The minimum atomic E-state index is -2.69. The minimum absolute atomic E-state index is 0.0540. The van der Waals surface area contributed by atoms with E-state index in [0.29, 0.717) is 5.56 Å². The summed E-state index contributed by atoms with van der Waals surface area (Å²) in [5, 5.41) is 8.95. The van der Waals surface area contributed by atoms with Crippen LogP contribution in [0.2, 0.25) is 0 Å². The molecule has 15 heavy (non-hydrogen) atoms. The smallest absolute Gasteiger partial charge is 0.280 e. The van der Waals surface area contributed by atoms with Gasteiger partial charge in [0, 0.05) is 12.1 Å². The summed E-state index contributed by atoms with van der Waals surface area (Å²) in [5.74, 6) is 0.268. The van der Waals surface area contributed by atoms with Gasteiger partial charge in [0.1, 0.15) is 17.1 Å². The van der Waals surface area contributed by atoms with E-state index >= 15 is 0 Å². The summed E-state index contributed by atoms with van der Waals surface area (Å²) in [6, 6.07) is 1.18. The molecule has 0 aliphatic rings. The number of nitrogens with two attached hydrogens (primary N) is 1. The zero-order valence-electron chi connectivity index (χ0n) is 8.20. The molecule has 0 aromatic carbocycles. The van der Waals surface area contributed by atoms with Gasteiger partial charge >= 0.3 is 0 Å². The van der Waals surface area contributed by atoms with Crippen molar-refractivity contribution in [3.05, 3.63) is 23.0 Å². The van der Waals surface area contributed by atoms with Gasteiger partial charge in [0.15, 0.2) is 0 Å². The second-order valence-electron chi connectivity index (χ2n) is 2.85. The van der Waals surface area contributed by atoms with Crippen molar-refractivity contribution in [1.82, 2.24) is 4.98 Å². The molecule has 0 unspecified atom stereocenters. The molecule has 0 spiro atoms. The van der Waals surface area contributed by atoms with Crippen molar-refractivity contribution >= 4 is 0 Å². The molecule has 0 aliphatic carbocycles. The lowest BCUT2D eigenvalue weighted by atomic mass is 10.1. The van der Waals surface area contributed by atoms with Crippen LogP contribution in [0.1, 0.15) is 23.4 Å². The van der Waals surface area contributed by atoms with Crippen LogP contribution in [-0.4, -0.2) is 17.2 Å². The lowest BCUT2D eigenvalue weighted by Crippen LogP contribution is -2.07. The Labute approximate surface area is 85.7 Å². The van der Waals surface area contributed by atoms with Crippen LogP contribution in [0.3, 0.4) is 0 Å². The molecule has 0 radical (unpaired) electrons. The summed E-state index contributed by atoms with van der Waals surface area (Å²) in [6.07, 6.45) is -2.69. The Morgan fingerprint density at radius 2 is 2.27 bits per heavy atom. The third-order valence-electron chi connectivity index (χ3n) is 1.94. The van der Waals surface area contributed by atoms with E-state index in [4.69, 9.17) is 15.6 Å². The van der Waals surface area contributed by atoms with E-state index in [0.717, 1.165) is 0 Å². The van der Waals surface area contributed by atoms with E-state index in [2.05, 4.69) is 4.98 Å². The molecule has 3 N–H and O–H groups in total. The Morgan fingerprint density at radius 1 is 1.60 bits per heavy atom. The van der Waals surface area contributed by atoms with Gasteiger partial charge in [0.2, 0.25) is 0 Å². The van der Waals surface area contributed by atoms with Crippen molar-refractivity contribution < 1.29 is 18.6 Å². The predicted octanol–water partition coefficient (Wildman–Crippen LogP) is 0.979. The molecule has 0 atom stereocenters. The zero-order chi connectivity index (χ0) is 11.4. The van der Waals surface area contributed by atoms with Crippen LogP contribution in [-0.2, 0) is 13.2 Å². The number of hydrogen-bond donors (Lipinski definition) is 2. The molecule has 0 saturated heterocycles. The van der Waals surface area contributed by atoms with Crippen molar-refractivity contribution in [3.63, 3.8) is 0 Å². The SMILES string of the molecule is COc1c(CN)cc(C(F)F)nc1CO. The number of methoxy groups -OCH3 is 1.